The zero-order valence-electron chi connectivity index (χ0n) is 12.4. The summed E-state index contributed by atoms with van der Waals surface area (Å²) in [5.41, 5.74) is 1.25. The van der Waals surface area contributed by atoms with Crippen molar-refractivity contribution in [2.24, 2.45) is 0 Å². The maximum atomic E-state index is 10.7. The molecule has 0 radical (unpaired) electrons. The molecule has 0 bridgehead atoms. The molecule has 0 aliphatic carbocycles. The van der Waals surface area contributed by atoms with E-state index in [1.807, 2.05) is 18.2 Å². The Bertz CT molecular complexity index is 414. The van der Waals surface area contributed by atoms with Gasteiger partial charge in [0, 0.05) is 6.42 Å². The second-order valence-electron chi connectivity index (χ2n) is 3.54. The maximum Gasteiger partial charge on any atom is -0.693 e. The number of alkyl halides is 2. The average molecular weight is 604 g/mol. The molecule has 0 aromatic heterocycles. The standard InChI is InChI=1S/C11H13O2.C2H2Cl2O2.2ClH.2H2N.Pt/c1-13-11(12)9-5-8-10-6-3-2-4-7-10;3-1(4)2(5)6;;;;;/h2-4,6-7H,1,5,8-9H2;1H,(H,5,6);2*1H;2*1H2;/q-1;;;;2*-1;+2/p-2. The van der Waals surface area contributed by atoms with Gasteiger partial charge in [0.05, 0.1) is 0 Å². The molecule has 5 N–H and O–H groups in total. The van der Waals surface area contributed by atoms with Crippen LogP contribution < -0.4 is 0 Å². The summed E-state index contributed by atoms with van der Waals surface area (Å²) in [6, 6.07) is 10.1. The monoisotopic (exact) mass is 602 g/mol. The molecule has 0 spiro atoms. The van der Waals surface area contributed by atoms with Gasteiger partial charge in [0.25, 0.3) is 5.97 Å². The van der Waals surface area contributed by atoms with Crippen molar-refractivity contribution in [2.45, 2.75) is 24.1 Å². The molecule has 24 heavy (non-hydrogen) atoms. The quantitative estimate of drug-likeness (QED) is 0.250. The first-order chi connectivity index (χ1) is 10.4. The Labute approximate surface area is 168 Å². The summed E-state index contributed by atoms with van der Waals surface area (Å²) in [4.78, 5) is 18.9. The molecule has 0 atom stereocenters. The van der Waals surface area contributed by atoms with Gasteiger partial charge in [-0.3, -0.25) is 4.79 Å². The van der Waals surface area contributed by atoms with Gasteiger partial charge >= 0.3 is 41.3 Å². The number of nitrogens with two attached hydrogens (primary N) is 2. The van der Waals surface area contributed by atoms with Crippen LogP contribution in [0.1, 0.15) is 18.4 Å². The van der Waals surface area contributed by atoms with Gasteiger partial charge in [-0.15, -0.1) is 0 Å². The SMILES string of the molecule is O=C(O)C(Cl)Cl.[CH2-]OC(=O)CCCc1ccccc1.[Cl][Pt][Cl].[NH2-].[NH2-]. The van der Waals surface area contributed by atoms with Gasteiger partial charge in [-0.05, 0) is 18.4 Å². The van der Waals surface area contributed by atoms with Crippen LogP contribution in [0.4, 0.5) is 0 Å². The second-order valence-corrected chi connectivity index (χ2v) is 7.92. The molecule has 1 aromatic carbocycles. The van der Waals surface area contributed by atoms with Gasteiger partial charge in [0.15, 0.2) is 0 Å². The van der Waals surface area contributed by atoms with E-state index in [2.05, 4.69) is 24.0 Å². The summed E-state index contributed by atoms with van der Waals surface area (Å²) in [5.74, 6) is -1.45. The average Bonchev–Trinajstić information content (AvgIpc) is 2.49. The summed E-state index contributed by atoms with van der Waals surface area (Å²) in [7, 11) is 12.8. The minimum Gasteiger partial charge on any atom is -0.693 e. The summed E-state index contributed by atoms with van der Waals surface area (Å²) < 4.78 is 4.30. The summed E-state index contributed by atoms with van der Waals surface area (Å²) in [6.07, 6.45) is 2.17. The number of carboxylic acid groups (broad SMARTS) is 1. The van der Waals surface area contributed by atoms with Crippen LogP contribution in [-0.4, -0.2) is 21.9 Å². The summed E-state index contributed by atoms with van der Waals surface area (Å²) in [6.45, 7) is 0. The Morgan fingerprint density at radius 1 is 1.17 bits per heavy atom. The largest absolute Gasteiger partial charge is 0.693 e. The van der Waals surface area contributed by atoms with E-state index in [1.54, 1.807) is 0 Å². The van der Waals surface area contributed by atoms with Gasteiger partial charge in [-0.25, -0.2) is 4.79 Å². The van der Waals surface area contributed by atoms with Crippen LogP contribution >= 0.6 is 42.0 Å². The minimum atomic E-state index is -1.29. The number of rotatable bonds is 5. The molecule has 0 fully saturated rings. The normalized spacial score (nSPS) is 8.42. The number of aliphatic carboxylic acids is 1. The molecule has 1 rings (SSSR count). The van der Waals surface area contributed by atoms with Crippen molar-refractivity contribution in [1.29, 1.82) is 0 Å². The summed E-state index contributed by atoms with van der Waals surface area (Å²) in [5, 5.41) is 7.73. The van der Waals surface area contributed by atoms with Gasteiger partial charge in [0.2, 0.25) is 4.84 Å². The Kier molecular flexibility index (Phi) is 30.3. The Hall–Kier alpha value is -0.0717. The number of carbonyl (C=O) groups excluding carboxylic acids is 1. The first-order valence-corrected chi connectivity index (χ1v) is 12.2. The molecule has 0 saturated carbocycles. The minimum absolute atomic E-state index is 0. The number of carboxylic acids is 1. The molecule has 0 saturated heterocycles. The molecule has 0 unspecified atom stereocenters. The third-order valence-corrected chi connectivity index (χ3v) is 2.41. The van der Waals surface area contributed by atoms with E-state index in [4.69, 9.17) is 47.1 Å². The molecule has 1 aromatic rings. The van der Waals surface area contributed by atoms with Crippen LogP contribution in [0, 0.1) is 7.11 Å². The third-order valence-electron chi connectivity index (χ3n) is 2.04. The number of ether oxygens (including phenoxy) is 1. The number of carbonyl (C=O) groups is 2. The predicted octanol–water partition coefficient (Wildman–Crippen LogP) is 6.03. The van der Waals surface area contributed by atoms with Gasteiger partial charge < -0.3 is 22.1 Å². The molecule has 6 nitrogen and oxygen atoms in total. The van der Waals surface area contributed by atoms with Crippen LogP contribution in [0.25, 0.3) is 12.3 Å². The van der Waals surface area contributed by atoms with Crippen molar-refractivity contribution in [3.8, 4) is 0 Å². The topological polar surface area (TPSA) is 131 Å². The van der Waals surface area contributed by atoms with Crippen LogP contribution in [0.2, 0.25) is 0 Å². The van der Waals surface area contributed by atoms with E-state index in [0.29, 0.717) is 6.42 Å². The van der Waals surface area contributed by atoms with Gasteiger partial charge in [-0.1, -0.05) is 53.5 Å². The van der Waals surface area contributed by atoms with E-state index in [1.165, 1.54) is 5.56 Å². The molecule has 11 heteroatoms. The van der Waals surface area contributed by atoms with Gasteiger partial charge in [0.1, 0.15) is 0 Å². The molecule has 0 amide bonds. The van der Waals surface area contributed by atoms with Crippen molar-refractivity contribution in [2.75, 3.05) is 0 Å². The number of halogens is 4. The molecular weight excluding hydrogens is 585 g/mol. The smallest absolute Gasteiger partial charge is 0.693 e. The van der Waals surface area contributed by atoms with E-state index >= 15 is 0 Å². The van der Waals surface area contributed by atoms with Crippen molar-refractivity contribution in [3.05, 3.63) is 55.3 Å². The van der Waals surface area contributed by atoms with Crippen LogP contribution in [0.15, 0.2) is 30.3 Å². The van der Waals surface area contributed by atoms with E-state index < -0.39 is 27.3 Å². The maximum absolute atomic E-state index is 10.7. The first-order valence-electron chi connectivity index (χ1n) is 5.71. The van der Waals surface area contributed by atoms with E-state index in [9.17, 15) is 9.59 Å². The Balaban J connectivity index is -0.000000155. The van der Waals surface area contributed by atoms with Crippen molar-refractivity contribution >= 4 is 54.0 Å². The number of benzene rings is 1. The fourth-order valence-corrected chi connectivity index (χ4v) is 1.15. The van der Waals surface area contributed by atoms with Gasteiger partial charge in [-0.2, -0.15) is 7.11 Å². The van der Waals surface area contributed by atoms with Crippen molar-refractivity contribution < 1.29 is 35.9 Å². The van der Waals surface area contributed by atoms with Crippen LogP contribution in [0.5, 0.6) is 0 Å². The molecule has 0 aliphatic rings. The van der Waals surface area contributed by atoms with Crippen LogP contribution in [-0.2, 0) is 37.2 Å². The number of hydrogen-bond donors (Lipinski definition) is 1. The molecular formula is C13H19Cl4N2O4Pt-3. The first kappa shape index (κ1) is 31.7. The number of esters is 1. The van der Waals surface area contributed by atoms with E-state index in [-0.39, 0.29) is 18.3 Å². The molecule has 146 valence electrons. The van der Waals surface area contributed by atoms with Crippen molar-refractivity contribution in [3.63, 3.8) is 0 Å². The van der Waals surface area contributed by atoms with Crippen LogP contribution in [0.3, 0.4) is 0 Å². The number of hydrogen-bond acceptors (Lipinski definition) is 3. The van der Waals surface area contributed by atoms with Crippen molar-refractivity contribution in [1.82, 2.24) is 0 Å². The fourth-order valence-electron chi connectivity index (χ4n) is 1.15. The third kappa shape index (κ3) is 24.2. The molecule has 0 aliphatic heterocycles. The molecule has 0 heterocycles. The zero-order valence-corrected chi connectivity index (χ0v) is 17.7. The zero-order chi connectivity index (χ0) is 17.4. The fraction of sp³-hybridized carbons (Fsp3) is 0.308. The number of aryl methyl sites for hydroxylation is 1. The summed E-state index contributed by atoms with van der Waals surface area (Å²) >= 11 is 9.08. The second kappa shape index (κ2) is 22.9. The Morgan fingerprint density at radius 3 is 1.92 bits per heavy atom. The predicted molar refractivity (Wildman–Crippen MR) is 96.2 cm³/mol. The van der Waals surface area contributed by atoms with E-state index in [0.717, 1.165) is 12.8 Å². The Morgan fingerprint density at radius 2 is 1.58 bits per heavy atom.